The normalized spacial score (nSPS) is 20.8. The van der Waals surface area contributed by atoms with E-state index in [1.165, 1.54) is 7.11 Å². The molecule has 1 aromatic heterocycles. The Morgan fingerprint density at radius 2 is 2.06 bits per heavy atom. The summed E-state index contributed by atoms with van der Waals surface area (Å²) in [5.74, 6) is -1.41. The van der Waals surface area contributed by atoms with E-state index in [0.717, 1.165) is 42.5 Å². The zero-order valence-electron chi connectivity index (χ0n) is 18.5. The predicted octanol–water partition coefficient (Wildman–Crippen LogP) is 0.935. The zero-order valence-corrected chi connectivity index (χ0v) is 19.3. The zero-order chi connectivity index (χ0) is 24.2. The molecule has 2 aromatic rings. The van der Waals surface area contributed by atoms with E-state index in [1.54, 1.807) is 6.07 Å². The summed E-state index contributed by atoms with van der Waals surface area (Å²) in [6.45, 7) is 2.45. The molecule has 2 atom stereocenters. The van der Waals surface area contributed by atoms with E-state index in [4.69, 9.17) is 33.5 Å². The number of hydrogen-bond acceptors (Lipinski definition) is 7. The van der Waals surface area contributed by atoms with Crippen LogP contribution in [0.5, 0.6) is 0 Å². The summed E-state index contributed by atoms with van der Waals surface area (Å²) in [7, 11) is 3.51. The third-order valence-corrected chi connectivity index (χ3v) is 5.78. The number of carbonyl (C=O) groups is 2. The van der Waals surface area contributed by atoms with Crippen molar-refractivity contribution in [3.8, 4) is 0 Å². The van der Waals surface area contributed by atoms with Crippen LogP contribution in [0.25, 0.3) is 0 Å². The van der Waals surface area contributed by atoms with Crippen LogP contribution < -0.4 is 22.5 Å². The van der Waals surface area contributed by atoms with E-state index in [9.17, 15) is 9.59 Å². The number of aromatic nitrogens is 2. The number of amides is 1. The first kappa shape index (κ1) is 24.2. The number of likely N-dealkylation sites (N-methyl/N-ethyl adjacent to an activating group) is 1. The minimum Gasteiger partial charge on any atom is -0.465 e. The number of guanidine groups is 1. The second-order valence-corrected chi connectivity index (χ2v) is 8.65. The number of ether oxygens (including phenoxy) is 1. The number of nitrogens with two attached hydrogens (primary N) is 3. The SMILES string of the molecule is COC(=O)c1cccc(C[N+]2(C)CCC[C@H](N/C(N)=N/C(=O)c3nc(Cl)c(N)nc3N)C2)c1. The lowest BCUT2D eigenvalue weighted by atomic mass is 10.0. The minimum absolute atomic E-state index is 0.00234. The highest BCUT2D eigenvalue weighted by molar-refractivity contribution is 6.31. The quantitative estimate of drug-likeness (QED) is 0.212. The number of anilines is 2. The van der Waals surface area contributed by atoms with E-state index in [-0.39, 0.29) is 40.5 Å². The van der Waals surface area contributed by atoms with Gasteiger partial charge in [0.05, 0.1) is 38.9 Å². The van der Waals surface area contributed by atoms with Crippen molar-refractivity contribution in [2.45, 2.75) is 25.4 Å². The summed E-state index contributed by atoms with van der Waals surface area (Å²) >= 11 is 5.83. The number of likely N-dealkylation sites (tertiary alicyclic amines) is 1. The van der Waals surface area contributed by atoms with Crippen LogP contribution in [0.4, 0.5) is 11.6 Å². The largest absolute Gasteiger partial charge is 0.465 e. The van der Waals surface area contributed by atoms with Crippen molar-refractivity contribution < 1.29 is 18.8 Å². The highest BCUT2D eigenvalue weighted by atomic mass is 35.5. The first-order chi connectivity index (χ1) is 15.6. The molecule has 11 nitrogen and oxygen atoms in total. The van der Waals surface area contributed by atoms with Gasteiger partial charge in [0, 0.05) is 5.56 Å². The number of benzene rings is 1. The average molecular weight is 476 g/mol. The number of carbonyl (C=O) groups excluding carboxylic acids is 2. The van der Waals surface area contributed by atoms with Gasteiger partial charge in [-0.25, -0.2) is 14.8 Å². The molecule has 0 radical (unpaired) electrons. The number of nitrogens with one attached hydrogen (secondary N) is 1. The van der Waals surface area contributed by atoms with E-state index in [2.05, 4.69) is 27.3 Å². The Hall–Kier alpha value is -3.44. The smallest absolute Gasteiger partial charge is 0.337 e. The Morgan fingerprint density at radius 3 is 2.79 bits per heavy atom. The summed E-state index contributed by atoms with van der Waals surface area (Å²) in [6, 6.07) is 7.42. The predicted molar refractivity (Wildman–Crippen MR) is 125 cm³/mol. The van der Waals surface area contributed by atoms with Gasteiger partial charge < -0.3 is 31.7 Å². The second-order valence-electron chi connectivity index (χ2n) is 8.29. The molecule has 33 heavy (non-hydrogen) atoms. The van der Waals surface area contributed by atoms with Crippen molar-refractivity contribution in [3.05, 3.63) is 46.2 Å². The molecule has 1 fully saturated rings. The van der Waals surface area contributed by atoms with Gasteiger partial charge in [-0.2, -0.15) is 4.99 Å². The maximum atomic E-state index is 12.4. The second kappa shape index (κ2) is 10.0. The van der Waals surface area contributed by atoms with Crippen LogP contribution in [0.1, 0.15) is 39.3 Å². The van der Waals surface area contributed by atoms with E-state index < -0.39 is 5.91 Å². The summed E-state index contributed by atoms with van der Waals surface area (Å²) in [5.41, 5.74) is 18.6. The Labute approximate surface area is 196 Å². The van der Waals surface area contributed by atoms with Crippen LogP contribution in [0.3, 0.4) is 0 Å². The number of nitrogens with zero attached hydrogens (tertiary/aromatic N) is 4. The number of esters is 1. The number of halogens is 1. The summed E-state index contributed by atoms with van der Waals surface area (Å²) < 4.78 is 5.54. The van der Waals surface area contributed by atoms with Gasteiger partial charge in [0.1, 0.15) is 6.54 Å². The summed E-state index contributed by atoms with van der Waals surface area (Å²) in [5, 5.41) is 2.98. The highest BCUT2D eigenvalue weighted by Crippen LogP contribution is 2.22. The minimum atomic E-state index is -0.764. The lowest BCUT2D eigenvalue weighted by molar-refractivity contribution is -0.927. The molecule has 1 aliphatic heterocycles. The molecular weight excluding hydrogens is 448 g/mol. The number of methoxy groups -OCH3 is 1. The molecule has 0 saturated carbocycles. The fourth-order valence-corrected chi connectivity index (χ4v) is 4.18. The van der Waals surface area contributed by atoms with Crippen LogP contribution in [0, 0.1) is 0 Å². The van der Waals surface area contributed by atoms with Gasteiger partial charge in [-0.15, -0.1) is 0 Å². The molecule has 2 heterocycles. The van der Waals surface area contributed by atoms with Crippen LogP contribution >= 0.6 is 11.6 Å². The van der Waals surface area contributed by atoms with E-state index in [0.29, 0.717) is 5.56 Å². The molecule has 0 bridgehead atoms. The van der Waals surface area contributed by atoms with Gasteiger partial charge in [0.2, 0.25) is 0 Å². The Balaban J connectivity index is 1.67. The van der Waals surface area contributed by atoms with Crippen LogP contribution in [0.2, 0.25) is 5.15 Å². The van der Waals surface area contributed by atoms with Gasteiger partial charge in [-0.1, -0.05) is 23.7 Å². The number of rotatable bonds is 5. The van der Waals surface area contributed by atoms with Crippen molar-refractivity contribution in [2.75, 3.05) is 38.7 Å². The van der Waals surface area contributed by atoms with Gasteiger partial charge in [0.15, 0.2) is 28.4 Å². The number of aliphatic imine (C=N–C) groups is 1. The molecule has 1 aromatic carbocycles. The standard InChI is InChI=1S/C21H27ClN8O3/c1-30(10-12-5-3-6-13(9-12)20(32)33-2)8-4-7-14(11-30)26-21(25)29-19(31)15-17(23)28-18(24)16(22)27-15/h3,5-6,9,14H,4,7-8,10-11H2,1-2H3,(H6-,23,24,25,26,28,29,31)/p+1/t14-,30?/m0/s1. The molecule has 176 valence electrons. The van der Waals surface area contributed by atoms with Gasteiger partial charge in [-0.05, 0) is 25.0 Å². The van der Waals surface area contributed by atoms with Crippen molar-refractivity contribution >= 4 is 41.1 Å². The lowest BCUT2D eigenvalue weighted by Gasteiger charge is -2.41. The molecule has 0 aliphatic carbocycles. The fraction of sp³-hybridized carbons (Fsp3) is 0.381. The van der Waals surface area contributed by atoms with Crippen molar-refractivity contribution in [1.29, 1.82) is 0 Å². The third kappa shape index (κ3) is 6.08. The fourth-order valence-electron chi connectivity index (χ4n) is 4.05. The van der Waals surface area contributed by atoms with Crippen molar-refractivity contribution in [2.24, 2.45) is 10.7 Å². The molecule has 7 N–H and O–H groups in total. The number of hydrogen-bond donors (Lipinski definition) is 4. The molecule has 1 unspecified atom stereocenters. The van der Waals surface area contributed by atoms with Gasteiger partial charge in [0.25, 0.3) is 0 Å². The Kier molecular flexibility index (Phi) is 7.34. The van der Waals surface area contributed by atoms with Crippen molar-refractivity contribution in [3.63, 3.8) is 0 Å². The molecule has 3 rings (SSSR count). The van der Waals surface area contributed by atoms with E-state index >= 15 is 0 Å². The Bertz CT molecular complexity index is 1090. The molecular formula is C21H28ClN8O3+. The molecule has 12 heteroatoms. The molecule has 0 spiro atoms. The maximum Gasteiger partial charge on any atom is 0.337 e. The monoisotopic (exact) mass is 475 g/mol. The lowest BCUT2D eigenvalue weighted by Crippen LogP contribution is -2.57. The van der Waals surface area contributed by atoms with E-state index in [1.807, 2.05) is 18.2 Å². The number of quaternary nitrogens is 1. The van der Waals surface area contributed by atoms with Crippen LogP contribution in [0.15, 0.2) is 29.3 Å². The Morgan fingerprint density at radius 1 is 1.30 bits per heavy atom. The summed E-state index contributed by atoms with van der Waals surface area (Å²) in [6.07, 6.45) is 1.83. The first-order valence-corrected chi connectivity index (χ1v) is 10.7. The third-order valence-electron chi connectivity index (χ3n) is 5.51. The maximum absolute atomic E-state index is 12.4. The topological polar surface area (TPSA) is 172 Å². The highest BCUT2D eigenvalue weighted by Gasteiger charge is 2.32. The number of nitrogen functional groups attached to an aromatic ring is 2. The summed E-state index contributed by atoms with van der Waals surface area (Å²) in [4.78, 5) is 35.7. The molecule has 1 aliphatic rings. The first-order valence-electron chi connectivity index (χ1n) is 10.3. The van der Waals surface area contributed by atoms with Crippen molar-refractivity contribution in [1.82, 2.24) is 15.3 Å². The van der Waals surface area contributed by atoms with Crippen LogP contribution in [-0.2, 0) is 11.3 Å². The van der Waals surface area contributed by atoms with Gasteiger partial charge in [-0.3, -0.25) is 4.79 Å². The van der Waals surface area contributed by atoms with Crippen LogP contribution in [-0.4, -0.2) is 65.6 Å². The molecule has 1 amide bonds. The van der Waals surface area contributed by atoms with Gasteiger partial charge >= 0.3 is 11.9 Å². The number of piperidine rings is 1. The molecule has 1 saturated heterocycles. The average Bonchev–Trinajstić information content (AvgIpc) is 2.75.